The highest BCUT2D eigenvalue weighted by Crippen LogP contribution is 2.27. The third kappa shape index (κ3) is 1.07. The number of nitrogens with zero attached hydrogens (tertiary/aromatic N) is 1. The van der Waals surface area contributed by atoms with E-state index in [4.69, 9.17) is 5.73 Å². The largest absolute Gasteiger partial charge is 0.317 e. The molecule has 0 saturated heterocycles. The van der Waals surface area contributed by atoms with Crippen molar-refractivity contribution >= 4 is 5.91 Å². The Morgan fingerprint density at radius 1 is 1.40 bits per heavy atom. The van der Waals surface area contributed by atoms with E-state index in [-0.39, 0.29) is 0 Å². The zero-order valence-corrected chi connectivity index (χ0v) is 5.67. The standard InChI is InChI=1S/C6H10N2O2/c7-6(5(9)8-10)3-1-2-4-6/h1-4,7H2. The quantitative estimate of drug-likeness (QED) is 0.543. The lowest BCUT2D eigenvalue weighted by Gasteiger charge is -2.15. The molecule has 0 aromatic rings. The molecule has 0 atom stereocenters. The zero-order chi connectivity index (χ0) is 7.61. The summed E-state index contributed by atoms with van der Waals surface area (Å²) in [6.45, 7) is 0. The van der Waals surface area contributed by atoms with Gasteiger partial charge in [0.1, 0.15) is 5.54 Å². The number of hydrogen-bond donors (Lipinski definition) is 1. The van der Waals surface area contributed by atoms with Gasteiger partial charge in [-0.1, -0.05) is 12.8 Å². The molecule has 0 heterocycles. The summed E-state index contributed by atoms with van der Waals surface area (Å²) in [6, 6.07) is 0. The monoisotopic (exact) mass is 142 g/mol. The summed E-state index contributed by atoms with van der Waals surface area (Å²) in [5.74, 6) is -0.690. The third-order valence-corrected chi connectivity index (χ3v) is 2.00. The summed E-state index contributed by atoms with van der Waals surface area (Å²) < 4.78 is 0. The van der Waals surface area contributed by atoms with Gasteiger partial charge in [-0.2, -0.15) is 0 Å². The van der Waals surface area contributed by atoms with Gasteiger partial charge in [-0.15, -0.1) is 4.91 Å². The second-order valence-electron chi connectivity index (χ2n) is 2.76. The molecule has 2 N–H and O–H groups in total. The van der Waals surface area contributed by atoms with Gasteiger partial charge in [0, 0.05) is 5.18 Å². The van der Waals surface area contributed by atoms with Crippen LogP contribution in [0.2, 0.25) is 0 Å². The number of carbonyl (C=O) groups is 1. The molecule has 0 spiro atoms. The molecule has 1 rings (SSSR count). The summed E-state index contributed by atoms with van der Waals surface area (Å²) >= 11 is 0. The van der Waals surface area contributed by atoms with Crippen LogP contribution in [-0.2, 0) is 4.79 Å². The van der Waals surface area contributed by atoms with Gasteiger partial charge in [-0.05, 0) is 12.8 Å². The first kappa shape index (κ1) is 7.34. The van der Waals surface area contributed by atoms with Crippen LogP contribution in [0.15, 0.2) is 5.18 Å². The number of carbonyl (C=O) groups excluding carboxylic acids is 1. The van der Waals surface area contributed by atoms with Crippen LogP contribution >= 0.6 is 0 Å². The van der Waals surface area contributed by atoms with E-state index in [1.54, 1.807) is 0 Å². The van der Waals surface area contributed by atoms with Gasteiger partial charge < -0.3 is 5.73 Å². The van der Waals surface area contributed by atoms with Crippen molar-refractivity contribution < 1.29 is 4.79 Å². The number of rotatable bonds is 1. The fraction of sp³-hybridized carbons (Fsp3) is 0.833. The van der Waals surface area contributed by atoms with E-state index in [1.807, 2.05) is 0 Å². The van der Waals surface area contributed by atoms with E-state index < -0.39 is 11.4 Å². The highest BCUT2D eigenvalue weighted by atomic mass is 16.3. The molecule has 0 unspecified atom stereocenters. The normalized spacial score (nSPS) is 22.5. The van der Waals surface area contributed by atoms with Crippen LogP contribution in [-0.4, -0.2) is 11.4 Å². The van der Waals surface area contributed by atoms with Gasteiger partial charge in [0.2, 0.25) is 0 Å². The van der Waals surface area contributed by atoms with Crippen LogP contribution in [0, 0.1) is 4.91 Å². The number of hydrogen-bond acceptors (Lipinski definition) is 3. The Morgan fingerprint density at radius 2 is 1.90 bits per heavy atom. The first-order valence-corrected chi connectivity index (χ1v) is 3.36. The predicted molar refractivity (Wildman–Crippen MR) is 36.2 cm³/mol. The minimum Gasteiger partial charge on any atom is -0.317 e. The van der Waals surface area contributed by atoms with Gasteiger partial charge in [-0.3, -0.25) is 4.79 Å². The van der Waals surface area contributed by atoms with Gasteiger partial charge in [0.05, 0.1) is 0 Å². The van der Waals surface area contributed by atoms with Gasteiger partial charge in [0.15, 0.2) is 0 Å². The molecule has 1 aliphatic carbocycles. The molecule has 0 radical (unpaired) electrons. The fourth-order valence-corrected chi connectivity index (χ4v) is 1.31. The number of nitrogens with two attached hydrogens (primary N) is 1. The second kappa shape index (κ2) is 2.46. The van der Waals surface area contributed by atoms with Crippen LogP contribution < -0.4 is 5.73 Å². The van der Waals surface area contributed by atoms with Crippen LogP contribution in [0.1, 0.15) is 25.7 Å². The topological polar surface area (TPSA) is 72.5 Å². The predicted octanol–water partition coefficient (Wildman–Crippen LogP) is 0.551. The van der Waals surface area contributed by atoms with Crippen LogP contribution in [0.5, 0.6) is 0 Å². The van der Waals surface area contributed by atoms with Crippen molar-refractivity contribution in [3.8, 4) is 0 Å². The van der Waals surface area contributed by atoms with E-state index in [9.17, 15) is 9.70 Å². The maximum Gasteiger partial charge on any atom is 0.305 e. The second-order valence-corrected chi connectivity index (χ2v) is 2.76. The molecular formula is C6H10N2O2. The smallest absolute Gasteiger partial charge is 0.305 e. The third-order valence-electron chi connectivity index (χ3n) is 2.00. The van der Waals surface area contributed by atoms with Crippen molar-refractivity contribution in [1.29, 1.82) is 0 Å². The molecule has 0 aromatic carbocycles. The molecule has 1 aliphatic rings. The molecule has 4 heteroatoms. The molecule has 1 amide bonds. The van der Waals surface area contributed by atoms with Crippen molar-refractivity contribution in [3.63, 3.8) is 0 Å². The van der Waals surface area contributed by atoms with Crippen molar-refractivity contribution in [3.05, 3.63) is 4.91 Å². The highest BCUT2D eigenvalue weighted by molar-refractivity contribution is 5.86. The van der Waals surface area contributed by atoms with Crippen molar-refractivity contribution in [2.45, 2.75) is 31.2 Å². The maximum absolute atomic E-state index is 10.7. The summed E-state index contributed by atoms with van der Waals surface area (Å²) in [6.07, 6.45) is 3.07. The summed E-state index contributed by atoms with van der Waals surface area (Å²) in [7, 11) is 0. The molecule has 4 nitrogen and oxygen atoms in total. The molecule has 0 bridgehead atoms. The lowest BCUT2D eigenvalue weighted by molar-refractivity contribution is -0.122. The average molecular weight is 142 g/mol. The molecular weight excluding hydrogens is 132 g/mol. The molecule has 56 valence electrons. The lowest BCUT2D eigenvalue weighted by Crippen LogP contribution is -2.43. The Kier molecular flexibility index (Phi) is 1.80. The van der Waals surface area contributed by atoms with E-state index in [0.29, 0.717) is 12.8 Å². The van der Waals surface area contributed by atoms with Crippen molar-refractivity contribution in [1.82, 2.24) is 0 Å². The lowest BCUT2D eigenvalue weighted by atomic mass is 9.99. The number of nitroso groups, excluding NO2 is 1. The summed E-state index contributed by atoms with van der Waals surface area (Å²) in [5, 5.41) is 2.33. The molecule has 10 heavy (non-hydrogen) atoms. The Balaban J connectivity index is 2.66. The SMILES string of the molecule is NC1(C(=O)N=O)CCCC1. The minimum atomic E-state index is -0.915. The zero-order valence-electron chi connectivity index (χ0n) is 5.67. The van der Waals surface area contributed by atoms with Gasteiger partial charge in [0.25, 0.3) is 0 Å². The first-order valence-electron chi connectivity index (χ1n) is 3.36. The summed E-state index contributed by atoms with van der Waals surface area (Å²) in [5.41, 5.74) is 4.65. The first-order chi connectivity index (χ1) is 4.69. The van der Waals surface area contributed by atoms with Gasteiger partial charge in [-0.25, -0.2) is 0 Å². The Bertz CT molecular complexity index is 161. The van der Waals surface area contributed by atoms with Gasteiger partial charge >= 0.3 is 5.91 Å². The maximum atomic E-state index is 10.7. The van der Waals surface area contributed by atoms with E-state index >= 15 is 0 Å². The van der Waals surface area contributed by atoms with Crippen LogP contribution in [0.25, 0.3) is 0 Å². The fourth-order valence-electron chi connectivity index (χ4n) is 1.31. The average Bonchev–Trinajstić information content (AvgIpc) is 2.36. The van der Waals surface area contributed by atoms with Crippen LogP contribution in [0.4, 0.5) is 0 Å². The Hall–Kier alpha value is -0.770. The van der Waals surface area contributed by atoms with Crippen molar-refractivity contribution in [2.24, 2.45) is 10.9 Å². The molecule has 0 aromatic heterocycles. The highest BCUT2D eigenvalue weighted by Gasteiger charge is 2.37. The molecule has 0 aliphatic heterocycles. The van der Waals surface area contributed by atoms with E-state index in [1.165, 1.54) is 0 Å². The summed E-state index contributed by atoms with van der Waals surface area (Å²) in [4.78, 5) is 20.5. The van der Waals surface area contributed by atoms with E-state index in [0.717, 1.165) is 12.8 Å². The van der Waals surface area contributed by atoms with Crippen LogP contribution in [0.3, 0.4) is 0 Å². The molecule has 1 fully saturated rings. The minimum absolute atomic E-state index is 0.609. The Morgan fingerprint density at radius 3 is 2.30 bits per heavy atom. The number of amides is 1. The van der Waals surface area contributed by atoms with E-state index in [2.05, 4.69) is 5.18 Å². The van der Waals surface area contributed by atoms with Crippen molar-refractivity contribution in [2.75, 3.05) is 0 Å². The molecule has 1 saturated carbocycles. The Labute approximate surface area is 58.8 Å².